The van der Waals surface area contributed by atoms with Gasteiger partial charge in [-0.05, 0) is 42.3 Å². The fourth-order valence-electron chi connectivity index (χ4n) is 2.35. The first-order chi connectivity index (χ1) is 12.5. The lowest BCUT2D eigenvalue weighted by atomic mass is 10.1. The molecule has 2 N–H and O–H groups in total. The maximum atomic E-state index is 12.0. The summed E-state index contributed by atoms with van der Waals surface area (Å²) in [6.07, 6.45) is 0.362. The number of carbonyl (C=O) groups is 2. The van der Waals surface area contributed by atoms with Crippen molar-refractivity contribution < 1.29 is 19.1 Å². The van der Waals surface area contributed by atoms with Crippen LogP contribution in [0, 0.1) is 0 Å². The van der Waals surface area contributed by atoms with E-state index in [4.69, 9.17) is 21.1 Å². The van der Waals surface area contributed by atoms with Gasteiger partial charge < -0.3 is 20.1 Å². The number of anilines is 1. The Labute approximate surface area is 157 Å². The third-order valence-electron chi connectivity index (χ3n) is 3.63. The van der Waals surface area contributed by atoms with Crippen LogP contribution in [0.5, 0.6) is 11.5 Å². The first-order valence-electron chi connectivity index (χ1n) is 8.05. The maximum Gasteiger partial charge on any atom is 0.233 e. The number of hydrogen-bond donors (Lipinski definition) is 2. The van der Waals surface area contributed by atoms with E-state index in [9.17, 15) is 9.59 Å². The van der Waals surface area contributed by atoms with E-state index in [0.29, 0.717) is 29.4 Å². The van der Waals surface area contributed by atoms with E-state index >= 15 is 0 Å². The van der Waals surface area contributed by atoms with Gasteiger partial charge in [-0.3, -0.25) is 9.59 Å². The molecule has 0 aliphatic heterocycles. The molecule has 2 rings (SSSR count). The van der Waals surface area contributed by atoms with E-state index in [1.165, 1.54) is 7.11 Å². The Morgan fingerprint density at radius 2 is 1.85 bits per heavy atom. The molecule has 0 radical (unpaired) electrons. The van der Waals surface area contributed by atoms with Crippen LogP contribution < -0.4 is 20.1 Å². The van der Waals surface area contributed by atoms with Crippen molar-refractivity contribution in [2.75, 3.05) is 26.1 Å². The lowest BCUT2D eigenvalue weighted by Gasteiger charge is -2.11. The highest BCUT2D eigenvalue weighted by Gasteiger charge is 2.12. The number of methoxy groups -OCH3 is 2. The number of amides is 2. The summed E-state index contributed by atoms with van der Waals surface area (Å²) in [6.45, 7) is 0.430. The van der Waals surface area contributed by atoms with Crippen molar-refractivity contribution in [1.29, 1.82) is 0 Å². The summed E-state index contributed by atoms with van der Waals surface area (Å²) < 4.78 is 10.3. The summed E-state index contributed by atoms with van der Waals surface area (Å²) in [5.41, 5.74) is 1.46. The van der Waals surface area contributed by atoms with Crippen molar-refractivity contribution in [3.63, 3.8) is 0 Å². The van der Waals surface area contributed by atoms with Crippen LogP contribution in [-0.4, -0.2) is 32.6 Å². The highest BCUT2D eigenvalue weighted by atomic mass is 35.5. The highest BCUT2D eigenvalue weighted by Crippen LogP contribution is 2.27. The Kier molecular flexibility index (Phi) is 7.29. The fourth-order valence-corrected chi connectivity index (χ4v) is 2.53. The Morgan fingerprint density at radius 3 is 2.58 bits per heavy atom. The van der Waals surface area contributed by atoms with Crippen molar-refractivity contribution in [1.82, 2.24) is 5.32 Å². The van der Waals surface area contributed by atoms with Crippen molar-refractivity contribution in [3.8, 4) is 11.5 Å². The standard InChI is InChI=1S/C19H21ClN2O4/c1-25-15-5-3-4-13(10-15)8-9-21-18(23)12-19(24)22-16-11-14(20)6-7-17(16)26-2/h3-7,10-11H,8-9,12H2,1-2H3,(H,21,23)(H,22,24). The van der Waals surface area contributed by atoms with E-state index in [2.05, 4.69) is 10.6 Å². The van der Waals surface area contributed by atoms with Gasteiger partial charge in [0.1, 0.15) is 17.9 Å². The summed E-state index contributed by atoms with van der Waals surface area (Å²) in [5, 5.41) is 5.82. The summed E-state index contributed by atoms with van der Waals surface area (Å²) in [4.78, 5) is 24.0. The zero-order chi connectivity index (χ0) is 18.9. The second-order valence-electron chi connectivity index (χ2n) is 5.52. The number of hydrogen-bond acceptors (Lipinski definition) is 4. The number of rotatable bonds is 8. The van der Waals surface area contributed by atoms with Gasteiger partial charge in [-0.2, -0.15) is 0 Å². The minimum Gasteiger partial charge on any atom is -0.497 e. The normalized spacial score (nSPS) is 10.1. The van der Waals surface area contributed by atoms with Crippen molar-refractivity contribution >= 4 is 29.1 Å². The van der Waals surface area contributed by atoms with Gasteiger partial charge in [0, 0.05) is 11.6 Å². The molecule has 0 aliphatic rings. The van der Waals surface area contributed by atoms with Gasteiger partial charge in [-0.25, -0.2) is 0 Å². The molecule has 0 spiro atoms. The third kappa shape index (κ3) is 5.97. The number of ether oxygens (including phenoxy) is 2. The minimum atomic E-state index is -0.440. The van der Waals surface area contributed by atoms with Crippen LogP contribution in [-0.2, 0) is 16.0 Å². The molecule has 0 saturated heterocycles. The average Bonchev–Trinajstić information content (AvgIpc) is 2.62. The Hall–Kier alpha value is -2.73. The lowest BCUT2D eigenvalue weighted by molar-refractivity contribution is -0.126. The molecule has 0 unspecified atom stereocenters. The summed E-state index contributed by atoms with van der Waals surface area (Å²) in [7, 11) is 3.10. The van der Waals surface area contributed by atoms with E-state index < -0.39 is 5.91 Å². The van der Waals surface area contributed by atoms with Crippen LogP contribution in [0.4, 0.5) is 5.69 Å². The molecule has 6 nitrogen and oxygen atoms in total. The van der Waals surface area contributed by atoms with Crippen LogP contribution in [0.25, 0.3) is 0 Å². The predicted octanol–water partition coefficient (Wildman–Crippen LogP) is 3.04. The molecule has 2 aromatic rings. The topological polar surface area (TPSA) is 76.7 Å². The summed E-state index contributed by atoms with van der Waals surface area (Å²) in [5.74, 6) is 0.445. The molecule has 0 heterocycles. The first-order valence-corrected chi connectivity index (χ1v) is 8.42. The summed E-state index contributed by atoms with van der Waals surface area (Å²) >= 11 is 5.92. The first kappa shape index (κ1) is 19.6. The molecule has 0 saturated carbocycles. The average molecular weight is 377 g/mol. The third-order valence-corrected chi connectivity index (χ3v) is 3.86. The largest absolute Gasteiger partial charge is 0.497 e. The molecule has 7 heteroatoms. The van der Waals surface area contributed by atoms with Crippen LogP contribution in [0.1, 0.15) is 12.0 Å². The van der Waals surface area contributed by atoms with Gasteiger partial charge >= 0.3 is 0 Å². The molecule has 2 amide bonds. The molecule has 0 bridgehead atoms. The fraction of sp³-hybridized carbons (Fsp3) is 0.263. The number of benzene rings is 2. The molecule has 0 atom stereocenters. The van der Waals surface area contributed by atoms with Gasteiger partial charge in [0.05, 0.1) is 19.9 Å². The van der Waals surface area contributed by atoms with Gasteiger partial charge in [-0.1, -0.05) is 23.7 Å². The smallest absolute Gasteiger partial charge is 0.233 e. The van der Waals surface area contributed by atoms with Gasteiger partial charge in [0.2, 0.25) is 11.8 Å². The van der Waals surface area contributed by atoms with Crippen LogP contribution in [0.2, 0.25) is 5.02 Å². The second kappa shape index (κ2) is 9.68. The van der Waals surface area contributed by atoms with Crippen LogP contribution in [0.3, 0.4) is 0 Å². The van der Waals surface area contributed by atoms with Crippen LogP contribution in [0.15, 0.2) is 42.5 Å². The molecule has 0 aromatic heterocycles. The Bertz CT molecular complexity index is 780. The van der Waals surface area contributed by atoms with E-state index in [1.54, 1.807) is 25.3 Å². The van der Waals surface area contributed by atoms with Gasteiger partial charge in [-0.15, -0.1) is 0 Å². The molecule has 26 heavy (non-hydrogen) atoms. The molecule has 2 aromatic carbocycles. The quantitative estimate of drug-likeness (QED) is 0.694. The Balaban J connectivity index is 1.80. The van der Waals surface area contributed by atoms with Crippen molar-refractivity contribution in [2.24, 2.45) is 0 Å². The molecular formula is C19H21ClN2O4. The second-order valence-corrected chi connectivity index (χ2v) is 5.96. The van der Waals surface area contributed by atoms with E-state index in [1.807, 2.05) is 24.3 Å². The molecular weight excluding hydrogens is 356 g/mol. The summed E-state index contributed by atoms with van der Waals surface area (Å²) in [6, 6.07) is 12.5. The Morgan fingerprint density at radius 1 is 1.04 bits per heavy atom. The highest BCUT2D eigenvalue weighted by molar-refractivity contribution is 6.31. The zero-order valence-electron chi connectivity index (χ0n) is 14.7. The SMILES string of the molecule is COc1cccc(CCNC(=O)CC(=O)Nc2cc(Cl)ccc2OC)c1. The number of halogens is 1. The van der Waals surface area contributed by atoms with Crippen LogP contribution >= 0.6 is 11.6 Å². The predicted molar refractivity (Wildman–Crippen MR) is 101 cm³/mol. The van der Waals surface area contributed by atoms with E-state index in [-0.39, 0.29) is 12.3 Å². The molecule has 0 aliphatic carbocycles. The number of carbonyl (C=O) groups excluding carboxylic acids is 2. The van der Waals surface area contributed by atoms with E-state index in [0.717, 1.165) is 11.3 Å². The molecule has 0 fully saturated rings. The van der Waals surface area contributed by atoms with Gasteiger partial charge in [0.25, 0.3) is 0 Å². The number of nitrogens with one attached hydrogen (secondary N) is 2. The monoisotopic (exact) mass is 376 g/mol. The maximum absolute atomic E-state index is 12.0. The zero-order valence-corrected chi connectivity index (χ0v) is 15.4. The molecule has 138 valence electrons. The minimum absolute atomic E-state index is 0.284. The lowest BCUT2D eigenvalue weighted by Crippen LogP contribution is -2.29. The van der Waals surface area contributed by atoms with Crippen molar-refractivity contribution in [2.45, 2.75) is 12.8 Å². The van der Waals surface area contributed by atoms with Crippen molar-refractivity contribution in [3.05, 3.63) is 53.1 Å². The van der Waals surface area contributed by atoms with Gasteiger partial charge in [0.15, 0.2) is 0 Å².